The molecular formula is C29H36ClN3O7. The van der Waals surface area contributed by atoms with Crippen molar-refractivity contribution in [2.45, 2.75) is 56.7 Å². The molecule has 1 amide bonds. The highest BCUT2D eigenvalue weighted by Crippen LogP contribution is 2.53. The number of carbonyl (C=O) groups excluding carboxylic acids is 3. The van der Waals surface area contributed by atoms with Crippen molar-refractivity contribution in [1.82, 2.24) is 9.80 Å². The minimum absolute atomic E-state index is 0.00323. The fourth-order valence-electron chi connectivity index (χ4n) is 7.45. The number of rotatable bonds is 6. The number of carbonyl (C=O) groups is 3. The summed E-state index contributed by atoms with van der Waals surface area (Å²) < 4.78 is 0. The van der Waals surface area contributed by atoms with Gasteiger partial charge in [-0.25, -0.2) is 0 Å². The second-order valence-electron chi connectivity index (χ2n) is 12.0. The second kappa shape index (κ2) is 10.2. The molecule has 1 aromatic rings. The van der Waals surface area contributed by atoms with E-state index >= 15 is 0 Å². The third kappa shape index (κ3) is 4.24. The summed E-state index contributed by atoms with van der Waals surface area (Å²) in [6, 6.07) is 0.356. The van der Waals surface area contributed by atoms with Gasteiger partial charge in [0, 0.05) is 29.6 Å². The average Bonchev–Trinajstić information content (AvgIpc) is 3.36. The van der Waals surface area contributed by atoms with E-state index in [1.54, 1.807) is 14.1 Å². The van der Waals surface area contributed by atoms with E-state index in [1.807, 2.05) is 7.05 Å². The van der Waals surface area contributed by atoms with Crippen molar-refractivity contribution in [2.75, 3.05) is 27.7 Å². The number of hydrogen-bond acceptors (Lipinski definition) is 9. The molecule has 0 aliphatic heterocycles. The molecule has 4 aliphatic rings. The molecule has 11 heteroatoms. The standard InChI is InChI=1S/C29H36ClN3O7/c1-32(2)23-17-9-14-8-16-20(18(34)10-15(22(16)30)12-33(3)11-13-6-4-5-7-13)24(35)19(14)26(37)29(17,40)27(38)21(25(23)36)28(31)39/h10,13-14,17,23,34-35,38,40H,4-9,11-12H2,1-3H3,(H2,31,39)/t14-,17-,23-,29-/m0/s1. The topological polar surface area (TPSA) is 165 Å². The number of hydrogen-bond donors (Lipinski definition) is 5. The molecule has 0 radical (unpaired) electrons. The van der Waals surface area contributed by atoms with Crippen LogP contribution in [0.4, 0.5) is 0 Å². The van der Waals surface area contributed by atoms with Gasteiger partial charge in [-0.05, 0) is 75.9 Å². The number of likely N-dealkylation sites (N-methyl/N-ethyl adjacent to an activating group) is 1. The molecule has 5 rings (SSSR count). The highest BCUT2D eigenvalue weighted by molar-refractivity contribution is 6.32. The zero-order chi connectivity index (χ0) is 29.3. The zero-order valence-electron chi connectivity index (χ0n) is 22.9. The van der Waals surface area contributed by atoms with Crippen LogP contribution in [0, 0.1) is 17.8 Å². The van der Waals surface area contributed by atoms with Gasteiger partial charge in [0.2, 0.25) is 5.78 Å². The maximum absolute atomic E-state index is 13.9. The first-order chi connectivity index (χ1) is 18.8. The predicted molar refractivity (Wildman–Crippen MR) is 148 cm³/mol. The third-order valence-corrected chi connectivity index (χ3v) is 9.68. The first kappa shape index (κ1) is 28.6. The van der Waals surface area contributed by atoms with Crippen LogP contribution < -0.4 is 5.73 Å². The van der Waals surface area contributed by atoms with E-state index in [4.69, 9.17) is 17.3 Å². The Bertz CT molecular complexity index is 1360. The zero-order valence-corrected chi connectivity index (χ0v) is 23.7. The number of primary amides is 1. The van der Waals surface area contributed by atoms with Gasteiger partial charge in [-0.2, -0.15) is 0 Å². The molecule has 2 fully saturated rings. The van der Waals surface area contributed by atoms with E-state index in [9.17, 15) is 34.8 Å². The van der Waals surface area contributed by atoms with Crippen LogP contribution in [0.3, 0.4) is 0 Å². The number of nitrogens with two attached hydrogens (primary N) is 1. The number of Topliss-reactive ketones (excluding diaryl/α,β-unsaturated/α-hetero) is 2. The Labute approximate surface area is 237 Å². The number of aromatic hydroxyl groups is 1. The van der Waals surface area contributed by atoms with Crippen LogP contribution >= 0.6 is 11.6 Å². The fourth-order valence-corrected chi connectivity index (χ4v) is 7.74. The average molecular weight is 574 g/mol. The number of nitrogens with zero attached hydrogens (tertiary/aromatic N) is 2. The summed E-state index contributed by atoms with van der Waals surface area (Å²) in [5.41, 5.74) is 2.85. The van der Waals surface area contributed by atoms with Gasteiger partial charge in [-0.15, -0.1) is 0 Å². The number of fused-ring (bicyclic) bond motifs is 3. The fraction of sp³-hybridized carbons (Fsp3) is 0.552. The molecule has 0 aromatic heterocycles. The van der Waals surface area contributed by atoms with Crippen LogP contribution in [0.1, 0.15) is 48.8 Å². The quantitative estimate of drug-likeness (QED) is 0.321. The van der Waals surface area contributed by atoms with E-state index in [1.165, 1.54) is 36.6 Å². The van der Waals surface area contributed by atoms with E-state index in [-0.39, 0.29) is 29.7 Å². The van der Waals surface area contributed by atoms with Gasteiger partial charge in [0.1, 0.15) is 22.8 Å². The predicted octanol–water partition coefficient (Wildman–Crippen LogP) is 2.24. The van der Waals surface area contributed by atoms with Crippen LogP contribution in [-0.2, 0) is 27.3 Å². The number of halogens is 1. The lowest BCUT2D eigenvalue weighted by Gasteiger charge is -2.50. The number of benzene rings is 1. The monoisotopic (exact) mass is 573 g/mol. The Morgan fingerprint density at radius 2 is 1.80 bits per heavy atom. The molecule has 1 aromatic carbocycles. The van der Waals surface area contributed by atoms with Crippen molar-refractivity contribution in [1.29, 1.82) is 0 Å². The summed E-state index contributed by atoms with van der Waals surface area (Å²) in [4.78, 5) is 42.8. The number of ketones is 2. The molecule has 6 N–H and O–H groups in total. The number of aliphatic hydroxyl groups excluding tert-OH is 2. The molecule has 0 bridgehead atoms. The van der Waals surface area contributed by atoms with Gasteiger partial charge < -0.3 is 31.1 Å². The molecular weight excluding hydrogens is 538 g/mol. The highest BCUT2D eigenvalue weighted by atomic mass is 35.5. The lowest BCUT2D eigenvalue weighted by atomic mass is 9.57. The Morgan fingerprint density at radius 3 is 2.40 bits per heavy atom. The summed E-state index contributed by atoms with van der Waals surface area (Å²) >= 11 is 6.87. The van der Waals surface area contributed by atoms with Gasteiger partial charge in [0.15, 0.2) is 11.4 Å². The molecule has 4 atom stereocenters. The Balaban J connectivity index is 1.58. The first-order valence-corrected chi connectivity index (χ1v) is 14.0. The minimum Gasteiger partial charge on any atom is -0.508 e. The molecule has 0 saturated heterocycles. The van der Waals surface area contributed by atoms with Crippen LogP contribution in [0.25, 0.3) is 5.76 Å². The number of aliphatic hydroxyl groups is 3. The van der Waals surface area contributed by atoms with Crippen LogP contribution in [0.2, 0.25) is 5.02 Å². The van der Waals surface area contributed by atoms with Gasteiger partial charge in [-0.1, -0.05) is 24.4 Å². The third-order valence-electron chi connectivity index (χ3n) is 9.21. The minimum atomic E-state index is -2.66. The maximum Gasteiger partial charge on any atom is 0.255 e. The van der Waals surface area contributed by atoms with Crippen molar-refractivity contribution < 1.29 is 34.8 Å². The van der Waals surface area contributed by atoms with Crippen LogP contribution in [-0.4, -0.2) is 87.0 Å². The van der Waals surface area contributed by atoms with Gasteiger partial charge in [-0.3, -0.25) is 19.3 Å². The van der Waals surface area contributed by atoms with Crippen molar-refractivity contribution in [3.63, 3.8) is 0 Å². The van der Waals surface area contributed by atoms with E-state index in [2.05, 4.69) is 4.90 Å². The van der Waals surface area contributed by atoms with Crippen molar-refractivity contribution >= 4 is 34.8 Å². The highest BCUT2D eigenvalue weighted by Gasteiger charge is 2.64. The van der Waals surface area contributed by atoms with Gasteiger partial charge in [0.25, 0.3) is 5.91 Å². The van der Waals surface area contributed by atoms with Crippen LogP contribution in [0.15, 0.2) is 23.0 Å². The van der Waals surface area contributed by atoms with Crippen molar-refractivity contribution in [3.8, 4) is 5.75 Å². The molecule has 0 spiro atoms. The van der Waals surface area contributed by atoms with Gasteiger partial charge >= 0.3 is 0 Å². The summed E-state index contributed by atoms with van der Waals surface area (Å²) in [5, 5.41) is 45.3. The van der Waals surface area contributed by atoms with E-state index in [0.29, 0.717) is 28.6 Å². The lowest BCUT2D eigenvalue weighted by Crippen LogP contribution is -2.65. The number of phenols is 1. The molecule has 0 heterocycles. The largest absolute Gasteiger partial charge is 0.508 e. The van der Waals surface area contributed by atoms with E-state index < -0.39 is 58.0 Å². The SMILES string of the molecule is CN(Cc1cc(O)c2c(c1Cl)C[C@H]1C[C@H]3[C@H](N(C)C)C(=O)C(C(N)=O)=C(O)[C@@]3(O)C(=O)C1=C2O)CC1CCCC1. The smallest absolute Gasteiger partial charge is 0.255 e. The first-order valence-electron chi connectivity index (χ1n) is 13.7. The Hall–Kier alpha value is -2.92. The summed E-state index contributed by atoms with van der Waals surface area (Å²) in [6.45, 7) is 1.40. The summed E-state index contributed by atoms with van der Waals surface area (Å²) in [6.07, 6.45) is 5.05. The maximum atomic E-state index is 13.9. The molecule has 40 heavy (non-hydrogen) atoms. The van der Waals surface area contributed by atoms with E-state index in [0.717, 1.165) is 6.54 Å². The lowest BCUT2D eigenvalue weighted by molar-refractivity contribution is -0.153. The Morgan fingerprint density at radius 1 is 1.15 bits per heavy atom. The Kier molecular flexibility index (Phi) is 7.27. The van der Waals surface area contributed by atoms with Gasteiger partial charge in [0.05, 0.1) is 11.6 Å². The summed E-state index contributed by atoms with van der Waals surface area (Å²) in [5.74, 6) is -6.15. The van der Waals surface area contributed by atoms with Crippen molar-refractivity contribution in [3.05, 3.63) is 44.7 Å². The number of phenolic OH excluding ortho intramolecular Hbond substituents is 1. The van der Waals surface area contributed by atoms with Crippen LogP contribution in [0.5, 0.6) is 5.75 Å². The molecule has 4 aliphatic carbocycles. The molecule has 0 unspecified atom stereocenters. The molecule has 10 nitrogen and oxygen atoms in total. The molecule has 216 valence electrons. The number of amides is 1. The normalized spacial score (nSPS) is 28.8. The van der Waals surface area contributed by atoms with Crippen molar-refractivity contribution in [2.24, 2.45) is 23.5 Å². The summed E-state index contributed by atoms with van der Waals surface area (Å²) in [7, 11) is 5.14. The molecule has 2 saturated carbocycles. The second-order valence-corrected chi connectivity index (χ2v) is 12.4.